The minimum absolute atomic E-state index is 0.0479. The summed E-state index contributed by atoms with van der Waals surface area (Å²) in [5, 5.41) is 29.8. The van der Waals surface area contributed by atoms with E-state index in [1.54, 1.807) is 21.0 Å². The first-order chi connectivity index (χ1) is 28.2. The maximum Gasteiger partial charge on any atom is 0.273 e. The molecule has 6 N–H and O–H groups in total. The molecule has 0 aliphatic carbocycles. The van der Waals surface area contributed by atoms with Crippen LogP contribution >= 0.6 is 0 Å². The molecule has 0 aliphatic heterocycles. The third kappa shape index (κ3) is 27.9. The van der Waals surface area contributed by atoms with E-state index in [0.29, 0.717) is 90.0 Å². The van der Waals surface area contributed by atoms with Crippen LogP contribution in [0.5, 0.6) is 0 Å². The molecule has 0 saturated heterocycles. The van der Waals surface area contributed by atoms with Gasteiger partial charge < -0.3 is 55.2 Å². The fourth-order valence-corrected chi connectivity index (χ4v) is 5.51. The van der Waals surface area contributed by atoms with Gasteiger partial charge in [0.1, 0.15) is 0 Å². The van der Waals surface area contributed by atoms with E-state index in [9.17, 15) is 14.7 Å². The van der Waals surface area contributed by atoms with Gasteiger partial charge in [-0.15, -0.1) is 0 Å². The van der Waals surface area contributed by atoms with Gasteiger partial charge in [-0.2, -0.15) is 0 Å². The maximum atomic E-state index is 14.0. The number of carbonyl (C=O) groups excluding carboxylic acids is 2. The van der Waals surface area contributed by atoms with Crippen LogP contribution in [0.15, 0.2) is 0 Å². The molecule has 0 radical (unpaired) electrons. The van der Waals surface area contributed by atoms with Crippen LogP contribution in [0.3, 0.4) is 0 Å². The van der Waals surface area contributed by atoms with Crippen LogP contribution in [-0.4, -0.2) is 133 Å². The number of hydrogen-bond acceptors (Lipinski definition) is 13. The summed E-state index contributed by atoms with van der Waals surface area (Å²) in [5.74, 6) is 0.551. The molecule has 61 heavy (non-hydrogen) atoms. The topological polar surface area (TPSA) is 195 Å². The van der Waals surface area contributed by atoms with Gasteiger partial charge in [-0.3, -0.25) is 9.59 Å². The van der Waals surface area contributed by atoms with Gasteiger partial charge in [-0.1, -0.05) is 27.7 Å². The number of anilines is 2. The SMILES string of the molecule is CO.COC(C)CCOC(C)(C)CNC(=O)c1nc(NCCC(C)(C)OCCC(C)(C)O)c(C(=O)NCCC(C)(C)OCCC(C)C)nc1NCCC(C)(C)OCCC(C)C. The van der Waals surface area contributed by atoms with Gasteiger partial charge in [0.05, 0.1) is 40.7 Å². The summed E-state index contributed by atoms with van der Waals surface area (Å²) < 4.78 is 29.9. The molecule has 1 aromatic rings. The summed E-state index contributed by atoms with van der Waals surface area (Å²) >= 11 is 0. The van der Waals surface area contributed by atoms with Crippen molar-refractivity contribution in [3.05, 3.63) is 11.4 Å². The van der Waals surface area contributed by atoms with Gasteiger partial charge in [0.25, 0.3) is 11.8 Å². The summed E-state index contributed by atoms with van der Waals surface area (Å²) in [6.45, 7) is 33.6. The number of amides is 2. The van der Waals surface area contributed by atoms with E-state index < -0.39 is 39.8 Å². The van der Waals surface area contributed by atoms with Gasteiger partial charge >= 0.3 is 0 Å². The second-order valence-corrected chi connectivity index (χ2v) is 19.9. The second-order valence-electron chi connectivity index (χ2n) is 19.9. The molecule has 2 amide bonds. The Labute approximate surface area is 370 Å². The third-order valence-corrected chi connectivity index (χ3v) is 10.1. The van der Waals surface area contributed by atoms with Crippen molar-refractivity contribution >= 4 is 23.5 Å². The van der Waals surface area contributed by atoms with Crippen LogP contribution in [0.2, 0.25) is 0 Å². The molecule has 1 heterocycles. The van der Waals surface area contributed by atoms with Crippen LogP contribution < -0.4 is 21.3 Å². The molecule has 1 unspecified atom stereocenters. The number of aliphatic hydroxyl groups is 2. The molecule has 0 bridgehead atoms. The molecule has 0 saturated carbocycles. The lowest BCUT2D eigenvalue weighted by Crippen LogP contribution is -2.41. The number of aliphatic hydroxyl groups excluding tert-OH is 1. The molecule has 0 fully saturated rings. The van der Waals surface area contributed by atoms with Crippen LogP contribution in [0.4, 0.5) is 11.6 Å². The monoisotopic (exact) mass is 871 g/mol. The number of ether oxygens (including phenoxy) is 5. The normalized spacial score (nSPS) is 13.2. The van der Waals surface area contributed by atoms with Crippen molar-refractivity contribution in [2.45, 2.75) is 183 Å². The Morgan fingerprint density at radius 3 is 1.34 bits per heavy atom. The van der Waals surface area contributed by atoms with E-state index in [4.69, 9.17) is 38.8 Å². The molecular weight excluding hydrogens is 781 g/mol. The molecule has 1 aromatic heterocycles. The predicted molar refractivity (Wildman–Crippen MR) is 247 cm³/mol. The Balaban J connectivity index is 0.0000177. The van der Waals surface area contributed by atoms with Gasteiger partial charge in [0, 0.05) is 60.2 Å². The zero-order chi connectivity index (χ0) is 47.1. The minimum atomic E-state index is -0.838. The number of carbonyl (C=O) groups is 2. The number of methoxy groups -OCH3 is 1. The quantitative estimate of drug-likeness (QED) is 0.0420. The van der Waals surface area contributed by atoms with Gasteiger partial charge in [-0.05, 0) is 133 Å². The maximum absolute atomic E-state index is 14.0. The van der Waals surface area contributed by atoms with Crippen molar-refractivity contribution in [1.82, 2.24) is 20.6 Å². The molecule has 0 aromatic carbocycles. The highest BCUT2D eigenvalue weighted by molar-refractivity contribution is 6.01. The Morgan fingerprint density at radius 1 is 0.557 bits per heavy atom. The summed E-state index contributed by atoms with van der Waals surface area (Å²) in [6, 6.07) is 0. The lowest BCUT2D eigenvalue weighted by Gasteiger charge is -2.28. The third-order valence-electron chi connectivity index (χ3n) is 10.1. The lowest BCUT2D eigenvalue weighted by molar-refractivity contribution is -0.0481. The first-order valence-corrected chi connectivity index (χ1v) is 22.4. The van der Waals surface area contributed by atoms with Crippen molar-refractivity contribution in [1.29, 1.82) is 0 Å². The zero-order valence-corrected chi connectivity index (χ0v) is 41.5. The lowest BCUT2D eigenvalue weighted by atomic mass is 10.0. The smallest absolute Gasteiger partial charge is 0.273 e. The van der Waals surface area contributed by atoms with Crippen LogP contribution in [0.1, 0.15) is 170 Å². The summed E-state index contributed by atoms with van der Waals surface area (Å²) in [5.41, 5.74) is -2.83. The first-order valence-electron chi connectivity index (χ1n) is 22.4. The average Bonchev–Trinajstić information content (AvgIpc) is 3.13. The number of nitrogens with zero attached hydrogens (tertiary/aromatic N) is 2. The standard InChI is InChI=1S/C45H86N6O8.CH4O/c1-32(2)17-27-56-42(8,9)20-24-47-38-36(40(53)49-31-45(14,15)58-29-19-34(5)55-16)51-37(46-25-21-44(12,13)59-30-23-41(6,7)54)35(50-38)39(52)48-26-22-43(10,11)57-28-18-33(3)4;1-2/h32-34,54H,17-31H2,1-16H3,(H,46,51)(H,47,50)(H,48,52)(H,49,53);2H,1H3. The Bertz CT molecular complexity index is 1380. The van der Waals surface area contributed by atoms with E-state index >= 15 is 0 Å². The van der Waals surface area contributed by atoms with Gasteiger partial charge in [-0.25, -0.2) is 9.97 Å². The fraction of sp³-hybridized carbons (Fsp3) is 0.870. The van der Waals surface area contributed by atoms with Crippen molar-refractivity contribution in [2.24, 2.45) is 11.8 Å². The number of rotatable bonds is 32. The van der Waals surface area contributed by atoms with E-state index in [-0.39, 0.29) is 35.7 Å². The van der Waals surface area contributed by atoms with E-state index in [0.717, 1.165) is 20.0 Å². The highest BCUT2D eigenvalue weighted by Crippen LogP contribution is 2.24. The average molecular weight is 871 g/mol. The first kappa shape index (κ1) is 58.3. The van der Waals surface area contributed by atoms with E-state index in [1.165, 1.54) is 0 Å². The molecule has 15 heteroatoms. The zero-order valence-electron chi connectivity index (χ0n) is 41.5. The molecular formula is C46H90N6O9. The van der Waals surface area contributed by atoms with Crippen LogP contribution in [0, 0.1) is 11.8 Å². The molecule has 358 valence electrons. The number of hydrogen-bond donors (Lipinski definition) is 6. The molecule has 0 spiro atoms. The number of nitrogens with one attached hydrogen (secondary N) is 4. The minimum Gasteiger partial charge on any atom is -0.400 e. The fourth-order valence-electron chi connectivity index (χ4n) is 5.51. The summed E-state index contributed by atoms with van der Waals surface area (Å²) in [4.78, 5) is 37.7. The molecule has 1 rings (SSSR count). The Kier molecular flexibility index (Phi) is 27.0. The molecule has 0 aliphatic rings. The predicted octanol–water partition coefficient (Wildman–Crippen LogP) is 7.40. The van der Waals surface area contributed by atoms with E-state index in [1.807, 2.05) is 62.3 Å². The van der Waals surface area contributed by atoms with Crippen molar-refractivity contribution in [3.63, 3.8) is 0 Å². The van der Waals surface area contributed by atoms with Crippen molar-refractivity contribution in [3.8, 4) is 0 Å². The highest BCUT2D eigenvalue weighted by atomic mass is 16.5. The Morgan fingerprint density at radius 2 is 0.934 bits per heavy atom. The summed E-state index contributed by atoms with van der Waals surface area (Å²) in [7, 11) is 2.67. The summed E-state index contributed by atoms with van der Waals surface area (Å²) in [6.07, 6.45) is 4.91. The Hall–Kier alpha value is -2.66. The highest BCUT2D eigenvalue weighted by Gasteiger charge is 2.28. The largest absolute Gasteiger partial charge is 0.400 e. The molecule has 1 atom stereocenters. The second kappa shape index (κ2) is 28.2. The van der Waals surface area contributed by atoms with Gasteiger partial charge in [0.15, 0.2) is 23.0 Å². The molecule has 15 nitrogen and oxygen atoms in total. The van der Waals surface area contributed by atoms with Crippen LogP contribution in [-0.2, 0) is 23.7 Å². The van der Waals surface area contributed by atoms with Crippen molar-refractivity contribution < 1.29 is 43.5 Å². The van der Waals surface area contributed by atoms with Crippen LogP contribution in [0.25, 0.3) is 0 Å². The van der Waals surface area contributed by atoms with Crippen molar-refractivity contribution in [2.75, 3.05) is 77.5 Å². The number of aromatic nitrogens is 2. The van der Waals surface area contributed by atoms with Gasteiger partial charge in [0.2, 0.25) is 0 Å². The van der Waals surface area contributed by atoms with E-state index in [2.05, 4.69) is 49.0 Å².